The molecular weight excluding hydrogens is 410 g/mol. The van der Waals surface area contributed by atoms with Crippen LogP contribution in [0.3, 0.4) is 0 Å². The molecule has 32 heavy (non-hydrogen) atoms. The van der Waals surface area contributed by atoms with Gasteiger partial charge in [0.15, 0.2) is 5.96 Å². The van der Waals surface area contributed by atoms with Crippen molar-refractivity contribution in [1.29, 1.82) is 0 Å². The van der Waals surface area contributed by atoms with E-state index in [1.807, 2.05) is 30.3 Å². The SMILES string of the molecule is CN(C)C(=O)CN=C(NCCCOCCOCc1ccccc1)NCCN1CCOCC1. The van der Waals surface area contributed by atoms with Crippen molar-refractivity contribution in [3.05, 3.63) is 35.9 Å². The van der Waals surface area contributed by atoms with Crippen LogP contribution in [0, 0.1) is 0 Å². The van der Waals surface area contributed by atoms with Crippen molar-refractivity contribution >= 4 is 11.9 Å². The molecule has 1 aromatic rings. The molecule has 1 fully saturated rings. The minimum atomic E-state index is -0.0295. The number of benzene rings is 1. The van der Waals surface area contributed by atoms with Crippen LogP contribution in [0.1, 0.15) is 12.0 Å². The molecule has 0 radical (unpaired) electrons. The highest BCUT2D eigenvalue weighted by Crippen LogP contribution is 2.00. The van der Waals surface area contributed by atoms with Crippen molar-refractivity contribution in [2.24, 2.45) is 4.99 Å². The van der Waals surface area contributed by atoms with E-state index in [0.29, 0.717) is 38.9 Å². The first-order chi connectivity index (χ1) is 15.6. The van der Waals surface area contributed by atoms with E-state index in [1.165, 1.54) is 0 Å². The summed E-state index contributed by atoms with van der Waals surface area (Å²) in [4.78, 5) is 20.2. The van der Waals surface area contributed by atoms with E-state index in [9.17, 15) is 4.79 Å². The van der Waals surface area contributed by atoms with Gasteiger partial charge in [-0.05, 0) is 12.0 Å². The molecule has 1 aromatic carbocycles. The summed E-state index contributed by atoms with van der Waals surface area (Å²) in [6.45, 7) is 8.37. The van der Waals surface area contributed by atoms with Crippen LogP contribution in [0.15, 0.2) is 35.3 Å². The van der Waals surface area contributed by atoms with E-state index >= 15 is 0 Å². The molecule has 0 atom stereocenters. The molecule has 0 aliphatic carbocycles. The van der Waals surface area contributed by atoms with Crippen LogP contribution in [0.4, 0.5) is 0 Å². The zero-order chi connectivity index (χ0) is 22.9. The quantitative estimate of drug-likeness (QED) is 0.244. The largest absolute Gasteiger partial charge is 0.379 e. The zero-order valence-corrected chi connectivity index (χ0v) is 19.6. The highest BCUT2D eigenvalue weighted by molar-refractivity contribution is 5.84. The van der Waals surface area contributed by atoms with Gasteiger partial charge in [-0.3, -0.25) is 9.69 Å². The highest BCUT2D eigenvalue weighted by Gasteiger charge is 2.10. The number of carbonyl (C=O) groups excluding carboxylic acids is 1. The lowest BCUT2D eigenvalue weighted by Gasteiger charge is -2.26. The summed E-state index contributed by atoms with van der Waals surface area (Å²) in [6, 6.07) is 10.1. The topological polar surface area (TPSA) is 87.7 Å². The number of morpholine rings is 1. The van der Waals surface area contributed by atoms with Crippen LogP contribution in [-0.2, 0) is 25.6 Å². The molecule has 2 rings (SSSR count). The van der Waals surface area contributed by atoms with Crippen molar-refractivity contribution in [1.82, 2.24) is 20.4 Å². The Morgan fingerprint density at radius 1 is 1.06 bits per heavy atom. The van der Waals surface area contributed by atoms with Gasteiger partial charge in [-0.25, -0.2) is 4.99 Å². The van der Waals surface area contributed by atoms with Crippen LogP contribution in [0.25, 0.3) is 0 Å². The number of ether oxygens (including phenoxy) is 3. The van der Waals surface area contributed by atoms with Gasteiger partial charge >= 0.3 is 0 Å². The fraction of sp³-hybridized carbons (Fsp3) is 0.652. The number of aliphatic imine (C=N–C) groups is 1. The summed E-state index contributed by atoms with van der Waals surface area (Å²) >= 11 is 0. The molecule has 1 saturated heterocycles. The van der Waals surface area contributed by atoms with E-state index in [2.05, 4.69) is 20.5 Å². The van der Waals surface area contributed by atoms with Crippen molar-refractivity contribution in [3.8, 4) is 0 Å². The minimum absolute atomic E-state index is 0.0295. The predicted octanol–water partition coefficient (Wildman–Crippen LogP) is 0.566. The third-order valence-electron chi connectivity index (χ3n) is 4.94. The fourth-order valence-electron chi connectivity index (χ4n) is 2.98. The first kappa shape index (κ1) is 26.1. The van der Waals surface area contributed by atoms with Gasteiger partial charge in [0.1, 0.15) is 6.54 Å². The number of likely N-dealkylation sites (N-methyl/N-ethyl adjacent to an activating group) is 1. The van der Waals surface area contributed by atoms with Crippen LogP contribution in [0.5, 0.6) is 0 Å². The van der Waals surface area contributed by atoms with Crippen LogP contribution in [-0.4, -0.2) is 108 Å². The van der Waals surface area contributed by atoms with Gasteiger partial charge < -0.3 is 29.7 Å². The van der Waals surface area contributed by atoms with E-state index in [4.69, 9.17) is 14.2 Å². The minimum Gasteiger partial charge on any atom is -0.379 e. The number of guanidine groups is 1. The lowest BCUT2D eigenvalue weighted by atomic mass is 10.2. The molecular formula is C23H39N5O4. The molecule has 1 aliphatic rings. The maximum atomic E-state index is 11.9. The number of nitrogens with one attached hydrogen (secondary N) is 2. The van der Waals surface area contributed by atoms with E-state index in [-0.39, 0.29) is 12.5 Å². The Hall–Kier alpha value is -2.20. The molecule has 9 heteroatoms. The maximum Gasteiger partial charge on any atom is 0.243 e. The number of rotatable bonds is 14. The van der Waals surface area contributed by atoms with Gasteiger partial charge in [0.2, 0.25) is 5.91 Å². The molecule has 180 valence electrons. The Morgan fingerprint density at radius 2 is 1.78 bits per heavy atom. The summed E-state index contributed by atoms with van der Waals surface area (Å²) in [5, 5.41) is 6.61. The van der Waals surface area contributed by atoms with Gasteiger partial charge in [0, 0.05) is 53.4 Å². The lowest BCUT2D eigenvalue weighted by Crippen LogP contribution is -2.45. The fourth-order valence-corrected chi connectivity index (χ4v) is 2.98. The molecule has 9 nitrogen and oxygen atoms in total. The number of carbonyl (C=O) groups is 1. The van der Waals surface area contributed by atoms with Gasteiger partial charge in [0.25, 0.3) is 0 Å². The Kier molecular flexibility index (Phi) is 13.4. The predicted molar refractivity (Wildman–Crippen MR) is 126 cm³/mol. The molecule has 0 saturated carbocycles. The molecule has 0 aromatic heterocycles. The van der Waals surface area contributed by atoms with E-state index in [0.717, 1.165) is 51.4 Å². The summed E-state index contributed by atoms with van der Waals surface area (Å²) in [7, 11) is 3.47. The Balaban J connectivity index is 1.57. The normalized spacial score (nSPS) is 14.9. The highest BCUT2D eigenvalue weighted by atomic mass is 16.5. The van der Waals surface area contributed by atoms with E-state index < -0.39 is 0 Å². The van der Waals surface area contributed by atoms with Crippen LogP contribution >= 0.6 is 0 Å². The number of nitrogens with zero attached hydrogens (tertiary/aromatic N) is 3. The zero-order valence-electron chi connectivity index (χ0n) is 19.6. The second-order valence-corrected chi connectivity index (χ2v) is 7.76. The van der Waals surface area contributed by atoms with Crippen LogP contribution < -0.4 is 10.6 Å². The summed E-state index contributed by atoms with van der Waals surface area (Å²) in [5.74, 6) is 0.623. The van der Waals surface area contributed by atoms with Gasteiger partial charge in [-0.1, -0.05) is 30.3 Å². The van der Waals surface area contributed by atoms with Crippen LogP contribution in [0.2, 0.25) is 0 Å². The van der Waals surface area contributed by atoms with Gasteiger partial charge in [0.05, 0.1) is 33.0 Å². The molecule has 1 aliphatic heterocycles. The first-order valence-corrected chi connectivity index (χ1v) is 11.4. The summed E-state index contributed by atoms with van der Waals surface area (Å²) in [6.07, 6.45) is 0.838. The second-order valence-electron chi connectivity index (χ2n) is 7.76. The third-order valence-corrected chi connectivity index (χ3v) is 4.94. The van der Waals surface area contributed by atoms with Crippen molar-refractivity contribution in [2.45, 2.75) is 13.0 Å². The third kappa shape index (κ3) is 12.0. The second kappa shape index (κ2) is 16.4. The first-order valence-electron chi connectivity index (χ1n) is 11.4. The van der Waals surface area contributed by atoms with E-state index in [1.54, 1.807) is 19.0 Å². The molecule has 2 N–H and O–H groups in total. The van der Waals surface area contributed by atoms with Crippen molar-refractivity contribution < 1.29 is 19.0 Å². The smallest absolute Gasteiger partial charge is 0.243 e. The average Bonchev–Trinajstić information content (AvgIpc) is 2.82. The lowest BCUT2D eigenvalue weighted by molar-refractivity contribution is -0.127. The number of amides is 1. The Bertz CT molecular complexity index is 651. The Labute approximate surface area is 192 Å². The summed E-state index contributed by atoms with van der Waals surface area (Å²) in [5.41, 5.74) is 1.16. The Morgan fingerprint density at radius 3 is 2.53 bits per heavy atom. The molecule has 0 spiro atoms. The van der Waals surface area contributed by atoms with Gasteiger partial charge in [-0.2, -0.15) is 0 Å². The molecule has 1 amide bonds. The van der Waals surface area contributed by atoms with Gasteiger partial charge in [-0.15, -0.1) is 0 Å². The number of hydrogen-bond acceptors (Lipinski definition) is 6. The number of hydrogen-bond donors (Lipinski definition) is 2. The monoisotopic (exact) mass is 449 g/mol. The maximum absolute atomic E-state index is 11.9. The summed E-state index contributed by atoms with van der Waals surface area (Å²) < 4.78 is 16.6. The average molecular weight is 450 g/mol. The standard InChI is InChI=1S/C23H39N5O4/c1-27(2)22(29)19-26-23(25-10-11-28-12-15-31-16-13-28)24-9-6-14-30-17-18-32-20-21-7-4-3-5-8-21/h3-5,7-8H,6,9-20H2,1-2H3,(H2,24,25,26). The molecule has 1 heterocycles. The van der Waals surface area contributed by atoms with Crippen molar-refractivity contribution in [2.75, 3.05) is 86.4 Å². The molecule has 0 unspecified atom stereocenters. The van der Waals surface area contributed by atoms with Crippen molar-refractivity contribution in [3.63, 3.8) is 0 Å². The molecule has 0 bridgehead atoms.